The van der Waals surface area contributed by atoms with E-state index in [0.717, 1.165) is 32.2 Å². The van der Waals surface area contributed by atoms with Gasteiger partial charge in [-0.2, -0.15) is 0 Å². The van der Waals surface area contributed by atoms with Gasteiger partial charge in [0.2, 0.25) is 11.8 Å². The molecule has 1 heterocycles. The first kappa shape index (κ1) is 13.9. The Labute approximate surface area is 119 Å². The lowest BCUT2D eigenvalue weighted by Crippen LogP contribution is -2.43. The molecular formula is C15H24N2O3. The molecule has 0 aromatic carbocycles. The van der Waals surface area contributed by atoms with Crippen molar-refractivity contribution in [1.82, 2.24) is 10.2 Å². The SMILES string of the molecule is O=C(NCC1(O)CCCC1)C1CC(=O)N(CC2CC2)C1. The van der Waals surface area contributed by atoms with Crippen molar-refractivity contribution in [2.24, 2.45) is 11.8 Å². The number of aliphatic hydroxyl groups is 1. The molecule has 3 aliphatic rings. The molecule has 0 spiro atoms. The molecule has 1 unspecified atom stereocenters. The van der Waals surface area contributed by atoms with Crippen LogP contribution in [0.2, 0.25) is 0 Å². The Bertz CT molecular complexity index is 400. The number of hydrogen-bond acceptors (Lipinski definition) is 3. The van der Waals surface area contributed by atoms with Crippen LogP contribution in [0.25, 0.3) is 0 Å². The van der Waals surface area contributed by atoms with Crippen molar-refractivity contribution in [2.45, 2.75) is 50.5 Å². The van der Waals surface area contributed by atoms with Gasteiger partial charge in [-0.25, -0.2) is 0 Å². The monoisotopic (exact) mass is 280 g/mol. The fraction of sp³-hybridized carbons (Fsp3) is 0.867. The van der Waals surface area contributed by atoms with Gasteiger partial charge in [-0.1, -0.05) is 12.8 Å². The summed E-state index contributed by atoms with van der Waals surface area (Å²) >= 11 is 0. The lowest BCUT2D eigenvalue weighted by Gasteiger charge is -2.23. The fourth-order valence-corrected chi connectivity index (χ4v) is 3.34. The fourth-order valence-electron chi connectivity index (χ4n) is 3.34. The van der Waals surface area contributed by atoms with Gasteiger partial charge in [0, 0.05) is 26.1 Å². The highest BCUT2D eigenvalue weighted by Crippen LogP contribution is 2.32. The molecule has 2 aliphatic carbocycles. The normalized spacial score (nSPS) is 28.9. The molecule has 1 atom stereocenters. The first-order valence-electron chi connectivity index (χ1n) is 7.84. The molecule has 112 valence electrons. The van der Waals surface area contributed by atoms with E-state index in [4.69, 9.17) is 0 Å². The van der Waals surface area contributed by atoms with Crippen molar-refractivity contribution in [2.75, 3.05) is 19.6 Å². The number of likely N-dealkylation sites (tertiary alicyclic amines) is 1. The third kappa shape index (κ3) is 3.14. The molecule has 0 bridgehead atoms. The van der Waals surface area contributed by atoms with Crippen LogP contribution in [0.15, 0.2) is 0 Å². The minimum Gasteiger partial charge on any atom is -0.388 e. The molecule has 0 radical (unpaired) electrons. The molecule has 3 rings (SSSR count). The zero-order valence-corrected chi connectivity index (χ0v) is 11.9. The Balaban J connectivity index is 1.46. The van der Waals surface area contributed by atoms with Crippen LogP contribution in [0.4, 0.5) is 0 Å². The lowest BCUT2D eigenvalue weighted by molar-refractivity contribution is -0.129. The maximum atomic E-state index is 12.1. The van der Waals surface area contributed by atoms with E-state index < -0.39 is 5.60 Å². The minimum atomic E-state index is -0.716. The molecule has 2 N–H and O–H groups in total. The van der Waals surface area contributed by atoms with Crippen LogP contribution >= 0.6 is 0 Å². The summed E-state index contributed by atoms with van der Waals surface area (Å²) in [5.41, 5.74) is -0.716. The number of nitrogens with one attached hydrogen (secondary N) is 1. The zero-order valence-electron chi connectivity index (χ0n) is 11.9. The van der Waals surface area contributed by atoms with E-state index in [1.54, 1.807) is 0 Å². The predicted octanol–water partition coefficient (Wildman–Crippen LogP) is 0.666. The summed E-state index contributed by atoms with van der Waals surface area (Å²) in [5, 5.41) is 13.1. The van der Waals surface area contributed by atoms with Crippen molar-refractivity contribution in [3.05, 3.63) is 0 Å². The summed E-state index contributed by atoms with van der Waals surface area (Å²) in [6, 6.07) is 0. The number of hydrogen-bond donors (Lipinski definition) is 2. The zero-order chi connectivity index (χ0) is 14.2. The molecule has 5 nitrogen and oxygen atoms in total. The van der Waals surface area contributed by atoms with E-state index in [9.17, 15) is 14.7 Å². The molecule has 2 saturated carbocycles. The van der Waals surface area contributed by atoms with E-state index >= 15 is 0 Å². The van der Waals surface area contributed by atoms with Gasteiger partial charge in [0.15, 0.2) is 0 Å². The summed E-state index contributed by atoms with van der Waals surface area (Å²) in [4.78, 5) is 25.8. The second kappa shape index (κ2) is 5.35. The van der Waals surface area contributed by atoms with E-state index in [0.29, 0.717) is 25.4 Å². The van der Waals surface area contributed by atoms with Crippen molar-refractivity contribution in [3.63, 3.8) is 0 Å². The van der Waals surface area contributed by atoms with Gasteiger partial charge in [0.05, 0.1) is 11.5 Å². The molecule has 0 aromatic rings. The van der Waals surface area contributed by atoms with E-state index in [-0.39, 0.29) is 17.7 Å². The van der Waals surface area contributed by atoms with Crippen LogP contribution in [-0.2, 0) is 9.59 Å². The molecule has 0 aromatic heterocycles. The average Bonchev–Trinajstić information content (AvgIpc) is 3.01. The first-order chi connectivity index (χ1) is 9.56. The van der Waals surface area contributed by atoms with E-state index in [2.05, 4.69) is 5.32 Å². The van der Waals surface area contributed by atoms with Crippen molar-refractivity contribution >= 4 is 11.8 Å². The first-order valence-corrected chi connectivity index (χ1v) is 7.84. The van der Waals surface area contributed by atoms with E-state index in [1.807, 2.05) is 4.90 Å². The van der Waals surface area contributed by atoms with Crippen molar-refractivity contribution in [1.29, 1.82) is 0 Å². The standard InChI is InChI=1S/C15H24N2O3/c18-13-7-12(9-17(13)8-11-3-4-11)14(19)16-10-15(20)5-1-2-6-15/h11-12,20H,1-10H2,(H,16,19). The maximum Gasteiger partial charge on any atom is 0.225 e. The third-order valence-corrected chi connectivity index (χ3v) is 4.89. The summed E-state index contributed by atoms with van der Waals surface area (Å²) in [6.45, 7) is 1.71. The highest BCUT2D eigenvalue weighted by molar-refractivity contribution is 5.89. The number of nitrogens with zero attached hydrogens (tertiary/aromatic N) is 1. The van der Waals surface area contributed by atoms with Crippen molar-refractivity contribution in [3.8, 4) is 0 Å². The van der Waals surface area contributed by atoms with Crippen LogP contribution in [0.5, 0.6) is 0 Å². The quantitative estimate of drug-likeness (QED) is 0.777. The number of carbonyl (C=O) groups excluding carboxylic acids is 2. The Morgan fingerprint density at radius 3 is 2.70 bits per heavy atom. The number of carbonyl (C=O) groups is 2. The van der Waals surface area contributed by atoms with Crippen LogP contribution < -0.4 is 5.32 Å². The molecule has 1 saturated heterocycles. The van der Waals surface area contributed by atoms with Gasteiger partial charge < -0.3 is 15.3 Å². The molecule has 3 fully saturated rings. The van der Waals surface area contributed by atoms with Crippen LogP contribution in [0.3, 0.4) is 0 Å². The number of amides is 2. The predicted molar refractivity (Wildman–Crippen MR) is 73.8 cm³/mol. The highest BCUT2D eigenvalue weighted by Gasteiger charge is 2.38. The Hall–Kier alpha value is -1.10. The lowest BCUT2D eigenvalue weighted by atomic mass is 10.0. The second-order valence-electron chi connectivity index (χ2n) is 6.79. The Kier molecular flexibility index (Phi) is 3.71. The van der Waals surface area contributed by atoms with Gasteiger partial charge in [-0.15, -0.1) is 0 Å². The minimum absolute atomic E-state index is 0.0722. The summed E-state index contributed by atoms with van der Waals surface area (Å²) in [5.74, 6) is 0.472. The topological polar surface area (TPSA) is 69.6 Å². The second-order valence-corrected chi connectivity index (χ2v) is 6.79. The van der Waals surface area contributed by atoms with Gasteiger partial charge in [0.1, 0.15) is 0 Å². The third-order valence-electron chi connectivity index (χ3n) is 4.89. The summed E-state index contributed by atoms with van der Waals surface area (Å²) < 4.78 is 0. The van der Waals surface area contributed by atoms with Gasteiger partial charge in [-0.05, 0) is 31.6 Å². The Morgan fingerprint density at radius 1 is 1.35 bits per heavy atom. The van der Waals surface area contributed by atoms with Gasteiger partial charge in [-0.3, -0.25) is 9.59 Å². The van der Waals surface area contributed by atoms with Crippen LogP contribution in [0.1, 0.15) is 44.9 Å². The van der Waals surface area contributed by atoms with Crippen LogP contribution in [-0.4, -0.2) is 47.1 Å². The molecule has 1 aliphatic heterocycles. The molecule has 2 amide bonds. The van der Waals surface area contributed by atoms with Crippen LogP contribution in [0, 0.1) is 11.8 Å². The smallest absolute Gasteiger partial charge is 0.225 e. The summed E-state index contributed by atoms with van der Waals surface area (Å²) in [6.07, 6.45) is 6.36. The van der Waals surface area contributed by atoms with Gasteiger partial charge in [0.25, 0.3) is 0 Å². The van der Waals surface area contributed by atoms with Crippen molar-refractivity contribution < 1.29 is 14.7 Å². The molecule has 5 heteroatoms. The van der Waals surface area contributed by atoms with E-state index in [1.165, 1.54) is 12.8 Å². The maximum absolute atomic E-state index is 12.1. The van der Waals surface area contributed by atoms with Gasteiger partial charge >= 0.3 is 0 Å². The molecular weight excluding hydrogens is 256 g/mol. The number of rotatable bonds is 5. The Morgan fingerprint density at radius 2 is 2.05 bits per heavy atom. The summed E-state index contributed by atoms with van der Waals surface area (Å²) in [7, 11) is 0. The average molecular weight is 280 g/mol. The highest BCUT2D eigenvalue weighted by atomic mass is 16.3. The largest absolute Gasteiger partial charge is 0.388 e. The molecule has 20 heavy (non-hydrogen) atoms.